The average molecular weight is 327 g/mol. The van der Waals surface area contributed by atoms with Crippen LogP contribution >= 0.6 is 15.9 Å². The molecule has 3 heteroatoms. The van der Waals surface area contributed by atoms with Crippen LogP contribution in [0.15, 0.2) is 22.7 Å². The summed E-state index contributed by atoms with van der Waals surface area (Å²) in [6.07, 6.45) is 2.66. The first kappa shape index (κ1) is 14.9. The van der Waals surface area contributed by atoms with Crippen LogP contribution in [0.5, 0.6) is 5.75 Å². The minimum atomic E-state index is -0.586. The molecule has 1 N–H and O–H groups in total. The van der Waals surface area contributed by atoms with Crippen LogP contribution in [-0.4, -0.2) is 17.8 Å². The van der Waals surface area contributed by atoms with Gasteiger partial charge in [0.1, 0.15) is 5.75 Å². The Morgan fingerprint density at radius 2 is 2.11 bits per heavy atom. The van der Waals surface area contributed by atoms with Gasteiger partial charge in [-0.15, -0.1) is 0 Å². The Morgan fingerprint density at radius 3 is 2.58 bits per heavy atom. The first-order valence-electron chi connectivity index (χ1n) is 6.81. The number of aliphatic hydroxyl groups is 1. The van der Waals surface area contributed by atoms with Gasteiger partial charge in [-0.05, 0) is 57.8 Å². The van der Waals surface area contributed by atoms with Crippen molar-refractivity contribution in [2.45, 2.75) is 45.6 Å². The lowest BCUT2D eigenvalue weighted by atomic mass is 9.84. The van der Waals surface area contributed by atoms with Crippen LogP contribution in [0.4, 0.5) is 0 Å². The number of hydrogen-bond acceptors (Lipinski definition) is 2. The summed E-state index contributed by atoms with van der Waals surface area (Å²) >= 11 is 3.51. The zero-order chi connectivity index (χ0) is 14.3. The van der Waals surface area contributed by atoms with Crippen LogP contribution in [0.25, 0.3) is 0 Å². The molecule has 106 valence electrons. The van der Waals surface area contributed by atoms with Gasteiger partial charge in [-0.3, -0.25) is 0 Å². The van der Waals surface area contributed by atoms with Gasteiger partial charge in [-0.25, -0.2) is 0 Å². The van der Waals surface area contributed by atoms with E-state index in [1.165, 1.54) is 0 Å². The van der Waals surface area contributed by atoms with E-state index in [0.717, 1.165) is 28.6 Å². The molecule has 1 aromatic rings. The lowest BCUT2D eigenvalue weighted by Gasteiger charge is -2.29. The molecule has 0 heterocycles. The van der Waals surface area contributed by atoms with Crippen LogP contribution in [0.1, 0.15) is 39.2 Å². The Kier molecular flexibility index (Phi) is 3.99. The smallest absolute Gasteiger partial charge is 0.133 e. The molecule has 1 aliphatic carbocycles. The monoisotopic (exact) mass is 326 g/mol. The number of benzene rings is 1. The number of ether oxygens (including phenoxy) is 1. The standard InChI is InChI=1S/C16H23BrO2/c1-11-8-15(2,3)10-16(11,18)9-12-5-6-14(19-4)13(17)7-12/h5-7,11,18H,8-10H2,1-4H3. The summed E-state index contributed by atoms with van der Waals surface area (Å²) in [4.78, 5) is 0. The highest BCUT2D eigenvalue weighted by atomic mass is 79.9. The summed E-state index contributed by atoms with van der Waals surface area (Å²) in [7, 11) is 1.66. The maximum absolute atomic E-state index is 10.9. The van der Waals surface area contributed by atoms with E-state index in [4.69, 9.17) is 4.74 Å². The van der Waals surface area contributed by atoms with E-state index in [0.29, 0.717) is 12.3 Å². The second-order valence-corrected chi connectivity index (χ2v) is 7.55. The number of halogens is 1. The summed E-state index contributed by atoms with van der Waals surface area (Å²) in [6.45, 7) is 6.64. The summed E-state index contributed by atoms with van der Waals surface area (Å²) < 4.78 is 6.19. The largest absolute Gasteiger partial charge is 0.496 e. The third kappa shape index (κ3) is 3.14. The predicted molar refractivity (Wildman–Crippen MR) is 81.5 cm³/mol. The molecule has 1 aliphatic rings. The molecule has 0 saturated heterocycles. The zero-order valence-electron chi connectivity index (χ0n) is 12.2. The molecule has 0 radical (unpaired) electrons. The SMILES string of the molecule is COc1ccc(CC2(O)CC(C)(C)CC2C)cc1Br. The third-order valence-electron chi connectivity index (χ3n) is 4.29. The molecular formula is C16H23BrO2. The molecule has 0 spiro atoms. The third-order valence-corrected chi connectivity index (χ3v) is 4.91. The van der Waals surface area contributed by atoms with E-state index in [2.05, 4.69) is 42.8 Å². The average Bonchev–Trinajstić information content (AvgIpc) is 2.47. The first-order valence-corrected chi connectivity index (χ1v) is 7.60. The normalized spacial score (nSPS) is 29.5. The molecule has 0 aromatic heterocycles. The fourth-order valence-corrected chi connectivity index (χ4v) is 4.09. The van der Waals surface area contributed by atoms with Crippen molar-refractivity contribution >= 4 is 15.9 Å². The molecule has 1 saturated carbocycles. The fourth-order valence-electron chi connectivity index (χ4n) is 3.50. The van der Waals surface area contributed by atoms with Crippen molar-refractivity contribution in [3.8, 4) is 5.75 Å². The topological polar surface area (TPSA) is 29.5 Å². The van der Waals surface area contributed by atoms with Crippen LogP contribution in [0, 0.1) is 11.3 Å². The second-order valence-electron chi connectivity index (χ2n) is 6.70. The van der Waals surface area contributed by atoms with Crippen molar-refractivity contribution < 1.29 is 9.84 Å². The van der Waals surface area contributed by atoms with Crippen molar-refractivity contribution in [3.63, 3.8) is 0 Å². The van der Waals surface area contributed by atoms with Gasteiger partial charge in [-0.1, -0.05) is 26.8 Å². The quantitative estimate of drug-likeness (QED) is 0.902. The van der Waals surface area contributed by atoms with E-state index in [-0.39, 0.29) is 5.41 Å². The molecular weight excluding hydrogens is 304 g/mol. The van der Waals surface area contributed by atoms with Crippen LogP contribution in [-0.2, 0) is 6.42 Å². The molecule has 0 amide bonds. The molecule has 2 rings (SSSR count). The Labute approximate surface area is 124 Å². The van der Waals surface area contributed by atoms with Gasteiger partial charge < -0.3 is 9.84 Å². The molecule has 0 aliphatic heterocycles. The van der Waals surface area contributed by atoms with Gasteiger partial charge in [-0.2, -0.15) is 0 Å². The van der Waals surface area contributed by atoms with E-state index in [1.54, 1.807) is 7.11 Å². The summed E-state index contributed by atoms with van der Waals surface area (Å²) in [5, 5.41) is 10.9. The Bertz CT molecular complexity index is 470. The number of methoxy groups -OCH3 is 1. The van der Waals surface area contributed by atoms with E-state index in [9.17, 15) is 5.11 Å². The van der Waals surface area contributed by atoms with Gasteiger partial charge in [0, 0.05) is 6.42 Å². The maximum atomic E-state index is 10.9. The van der Waals surface area contributed by atoms with Gasteiger partial charge in [0.25, 0.3) is 0 Å². The molecule has 2 nitrogen and oxygen atoms in total. The van der Waals surface area contributed by atoms with Crippen molar-refractivity contribution in [1.29, 1.82) is 0 Å². The van der Waals surface area contributed by atoms with E-state index >= 15 is 0 Å². The van der Waals surface area contributed by atoms with Crippen LogP contribution in [0.2, 0.25) is 0 Å². The lowest BCUT2D eigenvalue weighted by Crippen LogP contribution is -2.34. The minimum absolute atomic E-state index is 0.234. The Morgan fingerprint density at radius 1 is 1.42 bits per heavy atom. The van der Waals surface area contributed by atoms with Gasteiger partial charge in [0.05, 0.1) is 17.2 Å². The first-order chi connectivity index (χ1) is 8.76. The summed E-state index contributed by atoms with van der Waals surface area (Å²) in [6, 6.07) is 6.04. The van der Waals surface area contributed by atoms with Crippen LogP contribution < -0.4 is 4.74 Å². The number of rotatable bonds is 3. The Balaban J connectivity index is 2.19. The van der Waals surface area contributed by atoms with E-state index < -0.39 is 5.60 Å². The summed E-state index contributed by atoms with van der Waals surface area (Å²) in [5.41, 5.74) is 0.801. The van der Waals surface area contributed by atoms with Crippen molar-refractivity contribution in [2.24, 2.45) is 11.3 Å². The van der Waals surface area contributed by atoms with Gasteiger partial charge in [0.15, 0.2) is 0 Å². The Hall–Kier alpha value is -0.540. The molecule has 0 bridgehead atoms. The lowest BCUT2D eigenvalue weighted by molar-refractivity contribution is 0.00443. The van der Waals surface area contributed by atoms with Gasteiger partial charge >= 0.3 is 0 Å². The van der Waals surface area contributed by atoms with Crippen molar-refractivity contribution in [1.82, 2.24) is 0 Å². The summed E-state index contributed by atoms with van der Waals surface area (Å²) in [5.74, 6) is 1.17. The molecule has 2 unspecified atom stereocenters. The fraction of sp³-hybridized carbons (Fsp3) is 0.625. The van der Waals surface area contributed by atoms with Crippen molar-refractivity contribution in [3.05, 3.63) is 28.2 Å². The predicted octanol–water partition coefficient (Wildman–Crippen LogP) is 4.19. The second kappa shape index (κ2) is 5.10. The highest BCUT2D eigenvalue weighted by Crippen LogP contribution is 2.48. The minimum Gasteiger partial charge on any atom is -0.496 e. The zero-order valence-corrected chi connectivity index (χ0v) is 13.8. The van der Waals surface area contributed by atoms with Crippen LogP contribution in [0.3, 0.4) is 0 Å². The maximum Gasteiger partial charge on any atom is 0.133 e. The highest BCUT2D eigenvalue weighted by molar-refractivity contribution is 9.10. The number of hydrogen-bond donors (Lipinski definition) is 1. The molecule has 19 heavy (non-hydrogen) atoms. The van der Waals surface area contributed by atoms with Crippen molar-refractivity contribution in [2.75, 3.05) is 7.11 Å². The molecule has 1 aromatic carbocycles. The molecule has 1 fully saturated rings. The van der Waals surface area contributed by atoms with E-state index in [1.807, 2.05) is 12.1 Å². The van der Waals surface area contributed by atoms with Gasteiger partial charge in [0.2, 0.25) is 0 Å². The highest BCUT2D eigenvalue weighted by Gasteiger charge is 2.47. The molecule has 2 atom stereocenters.